The first-order chi connectivity index (χ1) is 11.5. The molecule has 1 fully saturated rings. The second-order valence-electron chi connectivity index (χ2n) is 6.54. The molecule has 0 radical (unpaired) electrons. The molecule has 128 valence electrons. The first-order valence-corrected chi connectivity index (χ1v) is 8.16. The Balaban J connectivity index is 1.75. The number of hydrogen-bond donors (Lipinski definition) is 3. The Bertz CT molecular complexity index is 755. The molecule has 2 aromatic rings. The number of aliphatic hydroxyl groups excluding tert-OH is 1. The Labute approximate surface area is 140 Å². The standard InChI is InChI=1S/C17H22N4O3/c1-10(2)14(9-22)18-17(24)11-7-15(23)21(8-11)16-12-5-3-4-6-13(12)19-20-16/h3-6,10-11,14,22H,7-9H2,1-2H3,(H,18,24)(H,19,20). The van der Waals surface area contributed by atoms with Crippen molar-refractivity contribution in [1.29, 1.82) is 0 Å². The number of anilines is 1. The molecule has 24 heavy (non-hydrogen) atoms. The highest BCUT2D eigenvalue weighted by Gasteiger charge is 2.37. The van der Waals surface area contributed by atoms with Gasteiger partial charge in [-0.25, -0.2) is 0 Å². The number of carbonyl (C=O) groups excluding carboxylic acids is 2. The van der Waals surface area contributed by atoms with Gasteiger partial charge in [0.2, 0.25) is 11.8 Å². The van der Waals surface area contributed by atoms with Crippen LogP contribution >= 0.6 is 0 Å². The van der Waals surface area contributed by atoms with Crippen molar-refractivity contribution < 1.29 is 14.7 Å². The highest BCUT2D eigenvalue weighted by Crippen LogP contribution is 2.29. The monoisotopic (exact) mass is 330 g/mol. The second-order valence-corrected chi connectivity index (χ2v) is 6.54. The average Bonchev–Trinajstić information content (AvgIpc) is 3.15. The molecular formula is C17H22N4O3. The fourth-order valence-corrected chi connectivity index (χ4v) is 2.97. The molecule has 0 aliphatic carbocycles. The van der Waals surface area contributed by atoms with Crippen LogP contribution in [0.25, 0.3) is 10.9 Å². The van der Waals surface area contributed by atoms with Gasteiger partial charge in [0.1, 0.15) is 0 Å². The number of para-hydroxylation sites is 1. The lowest BCUT2D eigenvalue weighted by atomic mass is 10.0. The molecule has 7 heteroatoms. The predicted octanol–water partition coefficient (Wildman–Crippen LogP) is 1.05. The zero-order chi connectivity index (χ0) is 17.3. The molecule has 1 saturated heterocycles. The summed E-state index contributed by atoms with van der Waals surface area (Å²) in [4.78, 5) is 26.3. The predicted molar refractivity (Wildman–Crippen MR) is 90.4 cm³/mol. The van der Waals surface area contributed by atoms with Gasteiger partial charge in [-0.2, -0.15) is 5.10 Å². The summed E-state index contributed by atoms with van der Waals surface area (Å²) in [5.41, 5.74) is 0.855. The van der Waals surface area contributed by atoms with Gasteiger partial charge >= 0.3 is 0 Å². The fourth-order valence-electron chi connectivity index (χ4n) is 2.97. The number of amides is 2. The molecule has 1 aromatic heterocycles. The van der Waals surface area contributed by atoms with E-state index in [-0.39, 0.29) is 36.8 Å². The zero-order valence-corrected chi connectivity index (χ0v) is 13.8. The summed E-state index contributed by atoms with van der Waals surface area (Å²) in [5.74, 6) is -0.0485. The van der Waals surface area contributed by atoms with Gasteiger partial charge in [0.05, 0.1) is 24.1 Å². The van der Waals surface area contributed by atoms with Crippen LogP contribution in [0.3, 0.4) is 0 Å². The second kappa shape index (κ2) is 6.60. The minimum absolute atomic E-state index is 0.113. The zero-order valence-electron chi connectivity index (χ0n) is 13.8. The van der Waals surface area contributed by atoms with Crippen molar-refractivity contribution >= 4 is 28.5 Å². The Kier molecular flexibility index (Phi) is 4.53. The number of nitrogens with zero attached hydrogens (tertiary/aromatic N) is 2. The van der Waals surface area contributed by atoms with Crippen molar-refractivity contribution in [2.24, 2.45) is 11.8 Å². The first-order valence-electron chi connectivity index (χ1n) is 8.16. The Morgan fingerprint density at radius 1 is 1.46 bits per heavy atom. The summed E-state index contributed by atoms with van der Waals surface area (Å²) in [5, 5.41) is 20.2. The van der Waals surface area contributed by atoms with Crippen LogP contribution in [0.4, 0.5) is 5.82 Å². The van der Waals surface area contributed by atoms with Gasteiger partial charge in [0.25, 0.3) is 0 Å². The normalized spacial score (nSPS) is 19.2. The number of aromatic amines is 1. The summed E-state index contributed by atoms with van der Waals surface area (Å²) in [7, 11) is 0. The van der Waals surface area contributed by atoms with Gasteiger partial charge in [0.15, 0.2) is 5.82 Å². The Morgan fingerprint density at radius 2 is 2.21 bits per heavy atom. The third-order valence-electron chi connectivity index (χ3n) is 4.53. The van der Waals surface area contributed by atoms with Crippen molar-refractivity contribution in [3.05, 3.63) is 24.3 Å². The number of fused-ring (bicyclic) bond motifs is 1. The van der Waals surface area contributed by atoms with Crippen molar-refractivity contribution in [3.8, 4) is 0 Å². The van der Waals surface area contributed by atoms with Gasteiger partial charge in [-0.3, -0.25) is 19.6 Å². The maximum atomic E-state index is 12.4. The lowest BCUT2D eigenvalue weighted by Gasteiger charge is -2.22. The van der Waals surface area contributed by atoms with Crippen molar-refractivity contribution in [1.82, 2.24) is 15.5 Å². The molecule has 3 N–H and O–H groups in total. The summed E-state index contributed by atoms with van der Waals surface area (Å²) in [6.45, 7) is 4.06. The first kappa shape index (κ1) is 16.4. The van der Waals surface area contributed by atoms with E-state index < -0.39 is 5.92 Å². The molecule has 7 nitrogen and oxygen atoms in total. The van der Waals surface area contributed by atoms with E-state index in [1.165, 1.54) is 0 Å². The van der Waals surface area contributed by atoms with E-state index in [0.717, 1.165) is 10.9 Å². The molecule has 0 spiro atoms. The summed E-state index contributed by atoms with van der Waals surface area (Å²) < 4.78 is 0. The molecule has 2 heterocycles. The minimum Gasteiger partial charge on any atom is -0.394 e. The topological polar surface area (TPSA) is 98.3 Å². The van der Waals surface area contributed by atoms with E-state index in [1.54, 1.807) is 4.90 Å². The fraction of sp³-hybridized carbons (Fsp3) is 0.471. The Morgan fingerprint density at radius 3 is 2.92 bits per heavy atom. The van der Waals surface area contributed by atoms with Crippen LogP contribution in [-0.4, -0.2) is 46.3 Å². The molecule has 1 aromatic carbocycles. The molecule has 2 unspecified atom stereocenters. The number of aromatic nitrogens is 2. The van der Waals surface area contributed by atoms with Gasteiger partial charge in [-0.1, -0.05) is 26.0 Å². The molecular weight excluding hydrogens is 308 g/mol. The van der Waals surface area contributed by atoms with Crippen molar-refractivity contribution in [3.63, 3.8) is 0 Å². The van der Waals surface area contributed by atoms with Crippen molar-refractivity contribution in [2.75, 3.05) is 18.1 Å². The number of nitrogens with one attached hydrogen (secondary N) is 2. The van der Waals surface area contributed by atoms with Gasteiger partial charge in [-0.15, -0.1) is 0 Å². The van der Waals surface area contributed by atoms with Crippen LogP contribution in [0, 0.1) is 11.8 Å². The average molecular weight is 330 g/mol. The molecule has 1 aliphatic rings. The van der Waals surface area contributed by atoms with Crippen LogP contribution in [0.2, 0.25) is 0 Å². The number of hydrogen-bond acceptors (Lipinski definition) is 4. The van der Waals surface area contributed by atoms with E-state index >= 15 is 0 Å². The van der Waals surface area contributed by atoms with Crippen LogP contribution in [0.5, 0.6) is 0 Å². The molecule has 1 aliphatic heterocycles. The van der Waals surface area contributed by atoms with E-state index in [2.05, 4.69) is 15.5 Å². The number of carbonyl (C=O) groups is 2. The maximum Gasteiger partial charge on any atom is 0.229 e. The SMILES string of the molecule is CC(C)C(CO)NC(=O)C1CC(=O)N(c2n[nH]c3ccccc23)C1. The van der Waals surface area contributed by atoms with Crippen LogP contribution in [-0.2, 0) is 9.59 Å². The number of rotatable bonds is 5. The molecule has 2 atom stereocenters. The van der Waals surface area contributed by atoms with E-state index in [9.17, 15) is 14.7 Å². The largest absolute Gasteiger partial charge is 0.394 e. The number of aliphatic hydroxyl groups is 1. The lowest BCUT2D eigenvalue weighted by molar-refractivity contribution is -0.127. The Hall–Kier alpha value is -2.41. The van der Waals surface area contributed by atoms with Crippen LogP contribution in [0.15, 0.2) is 24.3 Å². The number of benzene rings is 1. The smallest absolute Gasteiger partial charge is 0.229 e. The molecule has 2 amide bonds. The van der Waals surface area contributed by atoms with Crippen LogP contribution < -0.4 is 10.2 Å². The van der Waals surface area contributed by atoms with E-state index in [1.807, 2.05) is 38.1 Å². The van der Waals surface area contributed by atoms with E-state index in [4.69, 9.17) is 0 Å². The van der Waals surface area contributed by atoms with E-state index in [0.29, 0.717) is 12.4 Å². The lowest BCUT2D eigenvalue weighted by Crippen LogP contribution is -2.44. The third-order valence-corrected chi connectivity index (χ3v) is 4.53. The summed E-state index contributed by atoms with van der Waals surface area (Å²) in [6.07, 6.45) is 0.156. The van der Waals surface area contributed by atoms with Gasteiger partial charge in [0, 0.05) is 18.4 Å². The van der Waals surface area contributed by atoms with Crippen LogP contribution in [0.1, 0.15) is 20.3 Å². The third kappa shape index (κ3) is 2.99. The summed E-state index contributed by atoms with van der Waals surface area (Å²) in [6, 6.07) is 7.28. The highest BCUT2D eigenvalue weighted by molar-refractivity contribution is 6.05. The molecule has 0 saturated carbocycles. The maximum absolute atomic E-state index is 12.4. The number of H-pyrrole nitrogens is 1. The van der Waals surface area contributed by atoms with Crippen molar-refractivity contribution in [2.45, 2.75) is 26.3 Å². The van der Waals surface area contributed by atoms with Gasteiger partial charge < -0.3 is 10.4 Å². The minimum atomic E-state index is -0.430. The molecule has 3 rings (SSSR count). The van der Waals surface area contributed by atoms with Gasteiger partial charge in [-0.05, 0) is 18.1 Å². The highest BCUT2D eigenvalue weighted by atomic mass is 16.3. The summed E-state index contributed by atoms with van der Waals surface area (Å²) >= 11 is 0. The molecule has 0 bridgehead atoms. The quantitative estimate of drug-likeness (QED) is 0.763.